The normalized spacial score (nSPS) is 17.4. The lowest BCUT2D eigenvalue weighted by molar-refractivity contribution is -0.0927. The highest BCUT2D eigenvalue weighted by Gasteiger charge is 2.32. The Bertz CT molecular complexity index is 823. The lowest BCUT2D eigenvalue weighted by Crippen LogP contribution is -2.23. The Morgan fingerprint density at radius 2 is 1.97 bits per heavy atom. The van der Waals surface area contributed by atoms with E-state index in [1.165, 1.54) is 0 Å². The number of methoxy groups -OCH3 is 1. The largest absolute Gasteiger partial charge is 0.496 e. The first-order chi connectivity index (χ1) is 13.3. The molecule has 0 radical (unpaired) electrons. The van der Waals surface area contributed by atoms with Gasteiger partial charge in [0.2, 0.25) is 0 Å². The summed E-state index contributed by atoms with van der Waals surface area (Å²) in [7, 11) is -3.86. The van der Waals surface area contributed by atoms with Crippen LogP contribution in [0.3, 0.4) is 0 Å². The Morgan fingerprint density at radius 3 is 2.52 bits per heavy atom. The number of allylic oxidation sites excluding steroid dienone is 2. The molecule has 0 spiro atoms. The van der Waals surface area contributed by atoms with Gasteiger partial charge < -0.3 is 29.1 Å². The van der Waals surface area contributed by atoms with Crippen LogP contribution in [0.1, 0.15) is 35.5 Å². The lowest BCUT2D eigenvalue weighted by atomic mass is 9.94. The monoisotopic (exact) mass is 444 g/mol. The minimum atomic E-state index is -4.13. The predicted molar refractivity (Wildman–Crippen MR) is 115 cm³/mol. The molecular weight excluding hydrogens is 411 g/mol. The molecule has 0 bridgehead atoms. The van der Waals surface area contributed by atoms with Crippen LogP contribution in [0.5, 0.6) is 11.5 Å². The second kappa shape index (κ2) is 9.33. The van der Waals surface area contributed by atoms with Crippen molar-refractivity contribution in [3.8, 4) is 11.5 Å². The zero-order chi connectivity index (χ0) is 22.0. The molecule has 1 aromatic carbocycles. The molecule has 164 valence electrons. The van der Waals surface area contributed by atoms with Crippen molar-refractivity contribution < 1.29 is 33.7 Å². The van der Waals surface area contributed by atoms with Gasteiger partial charge in [-0.15, -0.1) is 0 Å². The highest BCUT2D eigenvalue weighted by atomic mass is 31.2. The molecule has 1 aliphatic heterocycles. The fraction of sp³-hybridized carbons (Fsp3) is 0.600. The van der Waals surface area contributed by atoms with Crippen LogP contribution < -0.4 is 9.47 Å². The van der Waals surface area contributed by atoms with E-state index in [0.717, 1.165) is 22.7 Å². The van der Waals surface area contributed by atoms with Crippen LogP contribution in [0.15, 0.2) is 11.6 Å². The average molecular weight is 445 g/mol. The van der Waals surface area contributed by atoms with E-state index in [1.807, 2.05) is 6.92 Å². The minimum Gasteiger partial charge on any atom is -0.496 e. The first-order valence-electron chi connectivity index (χ1n) is 9.69. The molecule has 7 nitrogen and oxygen atoms in total. The SMILES string of the molecule is COc1c(C)c2c(c(OCC[Si](C)(C)C)c1C/C=C(\C)CP(=O)(O)O)C(O)OC2. The summed E-state index contributed by atoms with van der Waals surface area (Å²) in [5.74, 6) is 1.22. The zero-order valence-corrected chi connectivity index (χ0v) is 20.0. The van der Waals surface area contributed by atoms with Crippen LogP contribution in [0.2, 0.25) is 25.7 Å². The van der Waals surface area contributed by atoms with Crippen molar-refractivity contribution in [1.82, 2.24) is 0 Å². The van der Waals surface area contributed by atoms with Crippen LogP contribution in [0, 0.1) is 6.92 Å². The van der Waals surface area contributed by atoms with Crippen molar-refractivity contribution in [3.05, 3.63) is 33.9 Å². The number of rotatable bonds is 9. The fourth-order valence-electron chi connectivity index (χ4n) is 3.41. The Labute approximate surface area is 173 Å². The molecule has 0 saturated heterocycles. The molecule has 1 unspecified atom stereocenters. The smallest absolute Gasteiger partial charge is 0.329 e. The summed E-state index contributed by atoms with van der Waals surface area (Å²) in [4.78, 5) is 18.4. The maximum atomic E-state index is 11.3. The van der Waals surface area contributed by atoms with Gasteiger partial charge in [0, 0.05) is 13.6 Å². The molecule has 9 heteroatoms. The van der Waals surface area contributed by atoms with Crippen LogP contribution >= 0.6 is 7.60 Å². The molecule has 0 aromatic heterocycles. The van der Waals surface area contributed by atoms with Crippen LogP contribution in [-0.4, -0.2) is 42.8 Å². The van der Waals surface area contributed by atoms with Crippen molar-refractivity contribution in [2.45, 2.75) is 58.9 Å². The van der Waals surface area contributed by atoms with Crippen molar-refractivity contribution in [1.29, 1.82) is 0 Å². The number of hydrogen-bond acceptors (Lipinski definition) is 5. The van der Waals surface area contributed by atoms with E-state index < -0.39 is 22.0 Å². The van der Waals surface area contributed by atoms with Gasteiger partial charge in [0.15, 0.2) is 6.29 Å². The second-order valence-corrected chi connectivity index (χ2v) is 16.0. The van der Waals surface area contributed by atoms with Crippen LogP contribution in [0.25, 0.3) is 0 Å². The van der Waals surface area contributed by atoms with E-state index in [-0.39, 0.29) is 12.8 Å². The van der Waals surface area contributed by atoms with E-state index in [0.29, 0.717) is 35.7 Å². The Morgan fingerprint density at radius 1 is 1.31 bits per heavy atom. The molecule has 0 aliphatic carbocycles. The summed E-state index contributed by atoms with van der Waals surface area (Å²) in [6.07, 6.45) is 0.793. The van der Waals surface area contributed by atoms with Crippen molar-refractivity contribution in [2.24, 2.45) is 0 Å². The molecule has 1 aliphatic rings. The van der Waals surface area contributed by atoms with E-state index in [9.17, 15) is 19.5 Å². The second-order valence-electron chi connectivity index (χ2n) is 8.76. The molecular formula is C20H33O7PSi. The maximum absolute atomic E-state index is 11.3. The van der Waals surface area contributed by atoms with Gasteiger partial charge in [-0.05, 0) is 37.4 Å². The van der Waals surface area contributed by atoms with E-state index >= 15 is 0 Å². The number of aliphatic hydroxyl groups excluding tert-OH is 1. The molecule has 1 atom stereocenters. The number of hydrogen-bond donors (Lipinski definition) is 3. The van der Waals surface area contributed by atoms with Gasteiger partial charge in [-0.1, -0.05) is 31.3 Å². The standard InChI is InChI=1S/C20H33O7PSi/c1-13(12-28(22,23)24)7-8-15-18(25-3)14(2)16-11-27-20(21)17(16)19(15)26-9-10-29(4,5)6/h7,20-21H,8-12H2,1-6H3,(H2,22,23,24)/b13-7+. The van der Waals surface area contributed by atoms with Gasteiger partial charge in [0.05, 0.1) is 32.0 Å². The van der Waals surface area contributed by atoms with Gasteiger partial charge in [-0.2, -0.15) is 0 Å². The van der Waals surface area contributed by atoms with Gasteiger partial charge in [-0.3, -0.25) is 4.57 Å². The van der Waals surface area contributed by atoms with Gasteiger partial charge in [-0.25, -0.2) is 0 Å². The molecule has 1 aromatic rings. The summed E-state index contributed by atoms with van der Waals surface area (Å²) in [6.45, 7) is 11.2. The van der Waals surface area contributed by atoms with Gasteiger partial charge in [0.25, 0.3) is 0 Å². The number of ether oxygens (including phenoxy) is 3. The van der Waals surface area contributed by atoms with Gasteiger partial charge in [0.1, 0.15) is 11.5 Å². The molecule has 1 heterocycles. The van der Waals surface area contributed by atoms with Crippen molar-refractivity contribution in [2.75, 3.05) is 19.9 Å². The first-order valence-corrected chi connectivity index (χ1v) is 15.2. The molecule has 3 N–H and O–H groups in total. The number of aliphatic hydroxyl groups is 1. The molecule has 0 fully saturated rings. The average Bonchev–Trinajstić information content (AvgIpc) is 2.94. The minimum absolute atomic E-state index is 0.288. The van der Waals surface area contributed by atoms with E-state index in [4.69, 9.17) is 14.2 Å². The zero-order valence-electron chi connectivity index (χ0n) is 18.1. The topological polar surface area (TPSA) is 105 Å². The van der Waals surface area contributed by atoms with E-state index in [1.54, 1.807) is 20.1 Å². The third kappa shape index (κ3) is 6.41. The third-order valence-electron chi connectivity index (χ3n) is 4.96. The summed E-state index contributed by atoms with van der Waals surface area (Å²) in [5, 5.41) is 10.4. The Hall–Kier alpha value is -1.15. The lowest BCUT2D eigenvalue weighted by Gasteiger charge is -2.23. The predicted octanol–water partition coefficient (Wildman–Crippen LogP) is 3.91. The summed E-state index contributed by atoms with van der Waals surface area (Å²) >= 11 is 0. The van der Waals surface area contributed by atoms with Crippen LogP contribution in [0.4, 0.5) is 0 Å². The maximum Gasteiger partial charge on any atom is 0.329 e. The van der Waals surface area contributed by atoms with Gasteiger partial charge >= 0.3 is 7.60 Å². The molecule has 0 saturated carbocycles. The van der Waals surface area contributed by atoms with Crippen molar-refractivity contribution in [3.63, 3.8) is 0 Å². The highest BCUT2D eigenvalue weighted by Crippen LogP contribution is 2.46. The Kier molecular flexibility index (Phi) is 7.76. The highest BCUT2D eigenvalue weighted by molar-refractivity contribution is 7.52. The number of fused-ring (bicyclic) bond motifs is 1. The molecule has 2 rings (SSSR count). The summed E-state index contributed by atoms with van der Waals surface area (Å²) < 4.78 is 28.6. The summed E-state index contributed by atoms with van der Waals surface area (Å²) in [5.41, 5.74) is 3.73. The Balaban J connectivity index is 2.48. The van der Waals surface area contributed by atoms with Crippen molar-refractivity contribution >= 4 is 15.7 Å². The van der Waals surface area contributed by atoms with Crippen LogP contribution in [-0.2, 0) is 22.3 Å². The van der Waals surface area contributed by atoms with E-state index in [2.05, 4.69) is 19.6 Å². The number of benzene rings is 1. The summed E-state index contributed by atoms with van der Waals surface area (Å²) in [6, 6.07) is 0.960. The first kappa shape index (κ1) is 24.1. The fourth-order valence-corrected chi connectivity index (χ4v) is 4.91. The molecule has 0 amide bonds. The molecule has 29 heavy (non-hydrogen) atoms. The quantitative estimate of drug-likeness (QED) is 0.301. The third-order valence-corrected chi connectivity index (χ3v) is 7.57.